The van der Waals surface area contributed by atoms with Crippen LogP contribution in [0, 0.1) is 13.8 Å². The molecule has 3 rings (SSSR count). The van der Waals surface area contributed by atoms with Crippen molar-refractivity contribution in [2.45, 2.75) is 32.7 Å². The molecular weight excluding hydrogens is 278 g/mol. The van der Waals surface area contributed by atoms with Crippen LogP contribution in [0.3, 0.4) is 0 Å². The molecule has 1 aromatic heterocycles. The molecular formula is C16H21N5O. The number of nitrogens with one attached hydrogen (secondary N) is 1. The minimum Gasteiger partial charge on any atom is -0.324 e. The molecule has 6 heteroatoms. The van der Waals surface area contributed by atoms with E-state index in [1.54, 1.807) is 6.20 Å². The van der Waals surface area contributed by atoms with Crippen LogP contribution >= 0.6 is 0 Å². The van der Waals surface area contributed by atoms with Crippen molar-refractivity contribution in [1.29, 1.82) is 0 Å². The van der Waals surface area contributed by atoms with Gasteiger partial charge in [0.1, 0.15) is 0 Å². The SMILES string of the molecule is Cc1cccc(C)c1NC(=O)N1CCC(n2ccnn2)CC1. The van der Waals surface area contributed by atoms with Crippen LogP contribution in [0.15, 0.2) is 30.6 Å². The number of benzene rings is 1. The fourth-order valence-corrected chi connectivity index (χ4v) is 2.94. The molecule has 1 aliphatic rings. The van der Waals surface area contributed by atoms with Gasteiger partial charge >= 0.3 is 6.03 Å². The number of aryl methyl sites for hydroxylation is 2. The van der Waals surface area contributed by atoms with Gasteiger partial charge in [0, 0.05) is 25.0 Å². The van der Waals surface area contributed by atoms with E-state index in [0.29, 0.717) is 6.04 Å². The number of amides is 2. The number of likely N-dealkylation sites (tertiary alicyclic amines) is 1. The van der Waals surface area contributed by atoms with Crippen molar-refractivity contribution in [2.24, 2.45) is 0 Å². The zero-order chi connectivity index (χ0) is 15.5. The maximum Gasteiger partial charge on any atom is 0.321 e. The molecule has 0 spiro atoms. The van der Waals surface area contributed by atoms with E-state index in [1.807, 2.05) is 47.8 Å². The highest BCUT2D eigenvalue weighted by atomic mass is 16.2. The molecule has 0 bridgehead atoms. The van der Waals surface area contributed by atoms with Gasteiger partial charge in [-0.25, -0.2) is 9.48 Å². The first-order valence-corrected chi connectivity index (χ1v) is 7.63. The van der Waals surface area contributed by atoms with Crippen molar-refractivity contribution in [3.8, 4) is 0 Å². The van der Waals surface area contributed by atoms with Crippen molar-refractivity contribution in [1.82, 2.24) is 19.9 Å². The van der Waals surface area contributed by atoms with E-state index < -0.39 is 0 Å². The monoisotopic (exact) mass is 299 g/mol. The van der Waals surface area contributed by atoms with E-state index in [1.165, 1.54) is 0 Å². The number of anilines is 1. The number of aromatic nitrogens is 3. The Labute approximate surface area is 130 Å². The molecule has 116 valence electrons. The van der Waals surface area contributed by atoms with Crippen LogP contribution in [0.25, 0.3) is 0 Å². The first-order valence-electron chi connectivity index (χ1n) is 7.63. The van der Waals surface area contributed by atoms with Gasteiger partial charge < -0.3 is 10.2 Å². The molecule has 1 N–H and O–H groups in total. The Morgan fingerprint density at radius 2 is 1.91 bits per heavy atom. The van der Waals surface area contributed by atoms with Gasteiger partial charge in [-0.3, -0.25) is 0 Å². The number of nitrogens with zero attached hydrogens (tertiary/aromatic N) is 4. The topological polar surface area (TPSA) is 63.1 Å². The van der Waals surface area contributed by atoms with E-state index in [2.05, 4.69) is 15.6 Å². The first-order chi connectivity index (χ1) is 10.6. The summed E-state index contributed by atoms with van der Waals surface area (Å²) in [6.07, 6.45) is 5.39. The third kappa shape index (κ3) is 2.95. The molecule has 2 amide bonds. The van der Waals surface area contributed by atoms with Crippen LogP contribution in [0.4, 0.5) is 10.5 Å². The summed E-state index contributed by atoms with van der Waals surface area (Å²) in [5.41, 5.74) is 3.10. The molecule has 0 atom stereocenters. The van der Waals surface area contributed by atoms with Gasteiger partial charge in [-0.05, 0) is 37.8 Å². The summed E-state index contributed by atoms with van der Waals surface area (Å²) in [5, 5.41) is 10.9. The summed E-state index contributed by atoms with van der Waals surface area (Å²) >= 11 is 0. The second-order valence-electron chi connectivity index (χ2n) is 5.80. The van der Waals surface area contributed by atoms with Gasteiger partial charge in [-0.15, -0.1) is 5.10 Å². The van der Waals surface area contributed by atoms with Crippen molar-refractivity contribution < 1.29 is 4.79 Å². The zero-order valence-corrected chi connectivity index (χ0v) is 13.0. The number of carbonyl (C=O) groups is 1. The van der Waals surface area contributed by atoms with Gasteiger partial charge in [-0.1, -0.05) is 23.4 Å². The average Bonchev–Trinajstić information content (AvgIpc) is 3.05. The maximum atomic E-state index is 12.4. The van der Waals surface area contributed by atoms with Gasteiger partial charge in [0.15, 0.2) is 0 Å². The van der Waals surface area contributed by atoms with Crippen LogP contribution in [0.5, 0.6) is 0 Å². The van der Waals surface area contributed by atoms with Crippen LogP contribution in [-0.2, 0) is 0 Å². The van der Waals surface area contributed by atoms with Crippen LogP contribution in [0.1, 0.15) is 30.0 Å². The van der Waals surface area contributed by atoms with E-state index in [-0.39, 0.29) is 6.03 Å². The summed E-state index contributed by atoms with van der Waals surface area (Å²) in [4.78, 5) is 14.3. The lowest BCUT2D eigenvalue weighted by molar-refractivity contribution is 0.179. The molecule has 6 nitrogen and oxygen atoms in total. The van der Waals surface area contributed by atoms with Crippen molar-refractivity contribution in [2.75, 3.05) is 18.4 Å². The largest absolute Gasteiger partial charge is 0.324 e. The number of piperidine rings is 1. The standard InChI is InChI=1S/C16H21N5O/c1-12-4-3-5-13(2)15(12)18-16(22)20-9-6-14(7-10-20)21-11-8-17-19-21/h3-5,8,11,14H,6-7,9-10H2,1-2H3,(H,18,22). The molecule has 1 aliphatic heterocycles. The van der Waals surface area contributed by atoms with E-state index in [0.717, 1.165) is 42.7 Å². The van der Waals surface area contributed by atoms with Crippen molar-refractivity contribution >= 4 is 11.7 Å². The second kappa shape index (κ2) is 6.17. The lowest BCUT2D eigenvalue weighted by Crippen LogP contribution is -2.41. The molecule has 2 heterocycles. The third-order valence-corrected chi connectivity index (χ3v) is 4.28. The number of hydrogen-bond donors (Lipinski definition) is 1. The normalized spacial score (nSPS) is 15.8. The Bertz CT molecular complexity index is 624. The summed E-state index contributed by atoms with van der Waals surface area (Å²) in [6.45, 7) is 5.50. The Morgan fingerprint density at radius 3 is 2.50 bits per heavy atom. The van der Waals surface area contributed by atoms with Crippen molar-refractivity contribution in [3.63, 3.8) is 0 Å². The number of hydrogen-bond acceptors (Lipinski definition) is 3. The summed E-state index contributed by atoms with van der Waals surface area (Å²) < 4.78 is 1.89. The van der Waals surface area contributed by atoms with Gasteiger partial charge in [-0.2, -0.15) is 0 Å². The van der Waals surface area contributed by atoms with E-state index in [4.69, 9.17) is 0 Å². The van der Waals surface area contributed by atoms with Gasteiger partial charge in [0.25, 0.3) is 0 Å². The predicted octanol–water partition coefficient (Wildman–Crippen LogP) is 2.76. The minimum atomic E-state index is -0.0190. The Hall–Kier alpha value is -2.37. The average molecular weight is 299 g/mol. The molecule has 22 heavy (non-hydrogen) atoms. The lowest BCUT2D eigenvalue weighted by atomic mass is 10.1. The van der Waals surface area contributed by atoms with Crippen LogP contribution in [-0.4, -0.2) is 39.0 Å². The van der Waals surface area contributed by atoms with Gasteiger partial charge in [0.2, 0.25) is 0 Å². The first kappa shape index (κ1) is 14.6. The second-order valence-corrected chi connectivity index (χ2v) is 5.80. The molecule has 0 aliphatic carbocycles. The van der Waals surface area contributed by atoms with Crippen LogP contribution in [0.2, 0.25) is 0 Å². The van der Waals surface area contributed by atoms with E-state index in [9.17, 15) is 4.79 Å². The Morgan fingerprint density at radius 1 is 1.23 bits per heavy atom. The molecule has 2 aromatic rings. The van der Waals surface area contributed by atoms with Gasteiger partial charge in [0.05, 0.1) is 12.2 Å². The smallest absolute Gasteiger partial charge is 0.321 e. The number of carbonyl (C=O) groups excluding carboxylic acids is 1. The Balaban J connectivity index is 1.60. The highest BCUT2D eigenvalue weighted by Crippen LogP contribution is 2.23. The number of rotatable bonds is 2. The quantitative estimate of drug-likeness (QED) is 0.927. The lowest BCUT2D eigenvalue weighted by Gasteiger charge is -2.32. The molecule has 0 radical (unpaired) electrons. The predicted molar refractivity (Wildman–Crippen MR) is 84.8 cm³/mol. The highest BCUT2D eigenvalue weighted by Gasteiger charge is 2.24. The van der Waals surface area contributed by atoms with Crippen molar-refractivity contribution in [3.05, 3.63) is 41.7 Å². The summed E-state index contributed by atoms with van der Waals surface area (Å²) in [7, 11) is 0. The fraction of sp³-hybridized carbons (Fsp3) is 0.438. The minimum absolute atomic E-state index is 0.0190. The zero-order valence-electron chi connectivity index (χ0n) is 13.0. The third-order valence-electron chi connectivity index (χ3n) is 4.28. The molecule has 0 saturated carbocycles. The fourth-order valence-electron chi connectivity index (χ4n) is 2.94. The highest BCUT2D eigenvalue weighted by molar-refractivity contribution is 5.91. The van der Waals surface area contributed by atoms with Crippen LogP contribution < -0.4 is 5.32 Å². The summed E-state index contributed by atoms with van der Waals surface area (Å²) in [5.74, 6) is 0. The number of para-hydroxylation sites is 1. The summed E-state index contributed by atoms with van der Waals surface area (Å²) in [6, 6.07) is 6.35. The molecule has 1 aromatic carbocycles. The van der Waals surface area contributed by atoms with E-state index >= 15 is 0 Å². The maximum absolute atomic E-state index is 12.4. The number of urea groups is 1. The molecule has 1 fully saturated rings. The Kier molecular flexibility index (Phi) is 4.09. The molecule has 1 saturated heterocycles. The molecule has 0 unspecified atom stereocenters.